The summed E-state index contributed by atoms with van der Waals surface area (Å²) in [4.78, 5) is 28.2. The molecule has 6 heteroatoms. The molecule has 0 saturated heterocycles. The minimum atomic E-state index is -0.606. The molecule has 6 nitrogen and oxygen atoms in total. The van der Waals surface area contributed by atoms with E-state index in [1.165, 1.54) is 4.57 Å². The first-order valence-corrected chi connectivity index (χ1v) is 10.8. The molecule has 0 unspecified atom stereocenters. The molecule has 1 aliphatic rings. The second kappa shape index (κ2) is 7.85. The van der Waals surface area contributed by atoms with E-state index in [1.54, 1.807) is 0 Å². The van der Waals surface area contributed by atoms with Crippen LogP contribution in [0.5, 0.6) is 5.75 Å². The zero-order valence-corrected chi connectivity index (χ0v) is 18.6. The maximum Gasteiger partial charge on any atom is 0.323 e. The van der Waals surface area contributed by atoms with Gasteiger partial charge in [-0.05, 0) is 42.9 Å². The van der Waals surface area contributed by atoms with Crippen LogP contribution in [0, 0.1) is 0 Å². The summed E-state index contributed by atoms with van der Waals surface area (Å²) in [6, 6.07) is 12.5. The van der Waals surface area contributed by atoms with Gasteiger partial charge in [-0.2, -0.15) is 0 Å². The Morgan fingerprint density at radius 2 is 1.84 bits per heavy atom. The van der Waals surface area contributed by atoms with Gasteiger partial charge >= 0.3 is 6.03 Å². The molecule has 0 radical (unpaired) electrons. The van der Waals surface area contributed by atoms with E-state index in [0.29, 0.717) is 28.9 Å². The normalized spacial score (nSPS) is 14.5. The van der Waals surface area contributed by atoms with Gasteiger partial charge in [0.05, 0.1) is 11.1 Å². The van der Waals surface area contributed by atoms with Crippen LogP contribution in [0.3, 0.4) is 0 Å². The van der Waals surface area contributed by atoms with E-state index in [2.05, 4.69) is 18.7 Å². The molecular formula is C25H29N3O3. The first-order valence-electron chi connectivity index (χ1n) is 10.8. The van der Waals surface area contributed by atoms with Gasteiger partial charge in [0.1, 0.15) is 12.4 Å². The fraction of sp³-hybridized carbons (Fsp3) is 0.360. The Labute approximate surface area is 182 Å². The zero-order chi connectivity index (χ0) is 22.3. The lowest BCUT2D eigenvalue weighted by atomic mass is 9.71. The van der Waals surface area contributed by atoms with Crippen molar-refractivity contribution in [1.82, 2.24) is 9.47 Å². The van der Waals surface area contributed by atoms with Gasteiger partial charge in [-0.1, -0.05) is 45.9 Å². The molecule has 0 spiro atoms. The van der Waals surface area contributed by atoms with Crippen LogP contribution in [0.25, 0.3) is 10.9 Å². The van der Waals surface area contributed by atoms with Crippen LogP contribution in [0.15, 0.2) is 42.5 Å². The molecule has 0 atom stereocenters. The summed E-state index contributed by atoms with van der Waals surface area (Å²) in [5, 5.41) is 0.750. The Kier molecular flexibility index (Phi) is 5.35. The summed E-state index contributed by atoms with van der Waals surface area (Å²) in [7, 11) is 0. The number of ether oxygens (including phenoxy) is 1. The Bertz CT molecular complexity index is 1170. The standard InChI is InChI=1S/C25H29N3O3/c1-5-27(6-2)13-14-31-16-11-12-17-19(15-16)25(3,4)23-21(22(17)29)18-9-7-8-10-20(18)28(23)24(26)30/h7-12,15H,5-6,13-14H2,1-4H3,(H2,26,30). The number of hydrogen-bond acceptors (Lipinski definition) is 4. The summed E-state index contributed by atoms with van der Waals surface area (Å²) in [5.74, 6) is 0.632. The number of fused-ring (bicyclic) bond motifs is 4. The number of benzene rings is 2. The number of ketones is 1. The lowest BCUT2D eigenvalue weighted by Gasteiger charge is -2.33. The maximum atomic E-state index is 13.5. The number of primary amides is 1. The molecule has 0 fully saturated rings. The van der Waals surface area contributed by atoms with Crippen molar-refractivity contribution in [3.63, 3.8) is 0 Å². The van der Waals surface area contributed by atoms with Crippen molar-refractivity contribution in [2.75, 3.05) is 26.2 Å². The Morgan fingerprint density at radius 3 is 2.52 bits per heavy atom. The van der Waals surface area contributed by atoms with Gasteiger partial charge in [0.2, 0.25) is 0 Å². The van der Waals surface area contributed by atoms with E-state index in [4.69, 9.17) is 10.5 Å². The highest BCUT2D eigenvalue weighted by Crippen LogP contribution is 2.46. The van der Waals surface area contributed by atoms with Gasteiger partial charge in [0, 0.05) is 28.6 Å². The van der Waals surface area contributed by atoms with Crippen molar-refractivity contribution in [3.8, 4) is 5.75 Å². The van der Waals surface area contributed by atoms with Crippen LogP contribution in [0.4, 0.5) is 4.79 Å². The Balaban J connectivity index is 1.80. The van der Waals surface area contributed by atoms with Crippen LogP contribution in [-0.4, -0.2) is 47.5 Å². The van der Waals surface area contributed by atoms with Gasteiger partial charge in [0.15, 0.2) is 5.78 Å². The Hall–Kier alpha value is -3.12. The summed E-state index contributed by atoms with van der Waals surface area (Å²) in [6.45, 7) is 11.7. The molecule has 0 saturated carbocycles. The molecule has 1 amide bonds. The number of carbonyl (C=O) groups excluding carboxylic acids is 2. The SMILES string of the molecule is CCN(CC)CCOc1ccc2c(c1)C(C)(C)c1c(c3ccccc3n1C(N)=O)C2=O. The number of rotatable bonds is 6. The molecule has 31 heavy (non-hydrogen) atoms. The average molecular weight is 420 g/mol. The van der Waals surface area contributed by atoms with Crippen molar-refractivity contribution in [2.24, 2.45) is 5.73 Å². The third-order valence-electron chi connectivity index (χ3n) is 6.39. The molecular weight excluding hydrogens is 390 g/mol. The van der Waals surface area contributed by atoms with E-state index < -0.39 is 11.4 Å². The van der Waals surface area contributed by atoms with Crippen LogP contribution in [0.2, 0.25) is 0 Å². The molecule has 3 aromatic rings. The van der Waals surface area contributed by atoms with Crippen molar-refractivity contribution in [3.05, 3.63) is 64.8 Å². The smallest absolute Gasteiger partial charge is 0.323 e. The molecule has 162 valence electrons. The van der Waals surface area contributed by atoms with Crippen molar-refractivity contribution >= 4 is 22.7 Å². The van der Waals surface area contributed by atoms with Crippen LogP contribution in [-0.2, 0) is 5.41 Å². The fourth-order valence-corrected chi connectivity index (χ4v) is 4.71. The number of nitrogens with two attached hydrogens (primary N) is 1. The first kappa shape index (κ1) is 21.1. The molecule has 4 rings (SSSR count). The largest absolute Gasteiger partial charge is 0.492 e. The number of nitrogens with zero attached hydrogens (tertiary/aromatic N) is 2. The lowest BCUT2D eigenvalue weighted by Crippen LogP contribution is -2.35. The van der Waals surface area contributed by atoms with E-state index in [-0.39, 0.29) is 5.78 Å². The van der Waals surface area contributed by atoms with Gasteiger partial charge in [0.25, 0.3) is 0 Å². The van der Waals surface area contributed by atoms with Gasteiger partial charge in [-0.25, -0.2) is 4.79 Å². The highest BCUT2D eigenvalue weighted by Gasteiger charge is 2.42. The van der Waals surface area contributed by atoms with Crippen molar-refractivity contribution in [1.29, 1.82) is 0 Å². The summed E-state index contributed by atoms with van der Waals surface area (Å²) < 4.78 is 7.49. The second-order valence-corrected chi connectivity index (χ2v) is 8.45. The van der Waals surface area contributed by atoms with Gasteiger partial charge in [-0.3, -0.25) is 9.36 Å². The van der Waals surface area contributed by atoms with Gasteiger partial charge < -0.3 is 15.4 Å². The molecule has 1 heterocycles. The molecule has 1 aliphatic carbocycles. The third kappa shape index (κ3) is 3.31. The number of amides is 1. The van der Waals surface area contributed by atoms with E-state index >= 15 is 0 Å². The molecule has 0 aliphatic heterocycles. The molecule has 2 aromatic carbocycles. The minimum absolute atomic E-state index is 0.0878. The number of para-hydroxylation sites is 1. The predicted molar refractivity (Wildman–Crippen MR) is 122 cm³/mol. The highest BCUT2D eigenvalue weighted by atomic mass is 16.5. The summed E-state index contributed by atoms with van der Waals surface area (Å²) in [5.41, 5.74) is 8.50. The highest BCUT2D eigenvalue weighted by molar-refractivity contribution is 6.21. The van der Waals surface area contributed by atoms with Crippen LogP contribution in [0.1, 0.15) is 54.9 Å². The fourth-order valence-electron chi connectivity index (χ4n) is 4.71. The zero-order valence-electron chi connectivity index (χ0n) is 18.6. The summed E-state index contributed by atoms with van der Waals surface area (Å²) >= 11 is 0. The topological polar surface area (TPSA) is 77.6 Å². The molecule has 2 N–H and O–H groups in total. The quantitative estimate of drug-likeness (QED) is 0.651. The number of aromatic nitrogens is 1. The first-order chi connectivity index (χ1) is 14.8. The minimum Gasteiger partial charge on any atom is -0.492 e. The second-order valence-electron chi connectivity index (χ2n) is 8.45. The van der Waals surface area contributed by atoms with Crippen LogP contribution < -0.4 is 10.5 Å². The number of likely N-dealkylation sites (N-methyl/N-ethyl adjacent to an activating group) is 1. The molecule has 0 bridgehead atoms. The average Bonchev–Trinajstić information content (AvgIpc) is 3.12. The predicted octanol–water partition coefficient (Wildman–Crippen LogP) is 4.16. The van der Waals surface area contributed by atoms with Crippen molar-refractivity contribution < 1.29 is 14.3 Å². The third-order valence-corrected chi connectivity index (χ3v) is 6.39. The molecule has 1 aromatic heterocycles. The van der Waals surface area contributed by atoms with E-state index in [0.717, 1.165) is 36.3 Å². The Morgan fingerprint density at radius 1 is 1.13 bits per heavy atom. The van der Waals surface area contributed by atoms with Crippen molar-refractivity contribution in [2.45, 2.75) is 33.1 Å². The summed E-state index contributed by atoms with van der Waals surface area (Å²) in [6.07, 6.45) is 0. The van der Waals surface area contributed by atoms with E-state index in [1.807, 2.05) is 56.3 Å². The van der Waals surface area contributed by atoms with E-state index in [9.17, 15) is 9.59 Å². The lowest BCUT2D eigenvalue weighted by molar-refractivity contribution is 0.103. The maximum absolute atomic E-state index is 13.5. The number of carbonyl (C=O) groups is 2. The number of hydrogen-bond donors (Lipinski definition) is 1. The van der Waals surface area contributed by atoms with Crippen LogP contribution >= 0.6 is 0 Å². The van der Waals surface area contributed by atoms with Gasteiger partial charge in [-0.15, -0.1) is 0 Å². The monoisotopic (exact) mass is 419 g/mol.